The van der Waals surface area contributed by atoms with Crippen LogP contribution in [0.4, 0.5) is 5.69 Å². The van der Waals surface area contributed by atoms with Crippen LogP contribution in [0.25, 0.3) is 11.5 Å². The van der Waals surface area contributed by atoms with Crippen LogP contribution in [-0.2, 0) is 0 Å². The van der Waals surface area contributed by atoms with Gasteiger partial charge >= 0.3 is 0 Å². The Hall–Kier alpha value is -2.48. The van der Waals surface area contributed by atoms with Crippen LogP contribution in [0, 0.1) is 10.1 Å². The normalized spacial score (nSPS) is 12.1. The summed E-state index contributed by atoms with van der Waals surface area (Å²) >= 11 is 0. The Morgan fingerprint density at radius 2 is 2.24 bits per heavy atom. The highest BCUT2D eigenvalue weighted by Gasteiger charge is 2.20. The second kappa shape index (κ2) is 6.31. The minimum atomic E-state index is -0.486. The number of nitro benzene ring substituents is 1. The molecule has 0 fully saturated rings. The predicted molar refractivity (Wildman–Crippen MR) is 75.0 cm³/mol. The molecule has 0 saturated heterocycles. The molecule has 1 atom stereocenters. The van der Waals surface area contributed by atoms with Crippen molar-refractivity contribution in [1.29, 1.82) is 0 Å². The summed E-state index contributed by atoms with van der Waals surface area (Å²) in [6.45, 7) is 2.00. The van der Waals surface area contributed by atoms with Gasteiger partial charge < -0.3 is 14.5 Å². The van der Waals surface area contributed by atoms with Gasteiger partial charge in [0.1, 0.15) is 5.75 Å². The summed E-state index contributed by atoms with van der Waals surface area (Å²) in [5.74, 6) is 1.05. The molecule has 1 aromatic heterocycles. The summed E-state index contributed by atoms with van der Waals surface area (Å²) in [7, 11) is 3.24. The predicted octanol–water partition coefficient (Wildman–Crippen LogP) is 2.32. The van der Waals surface area contributed by atoms with E-state index < -0.39 is 4.92 Å². The molecule has 0 aliphatic rings. The molecule has 2 aromatic rings. The Bertz CT molecular complexity index is 637. The second-order valence-electron chi connectivity index (χ2n) is 4.34. The molecule has 1 aromatic carbocycles. The van der Waals surface area contributed by atoms with E-state index >= 15 is 0 Å². The van der Waals surface area contributed by atoms with Crippen LogP contribution in [0.2, 0.25) is 0 Å². The summed E-state index contributed by atoms with van der Waals surface area (Å²) in [4.78, 5) is 10.3. The molecule has 0 amide bonds. The van der Waals surface area contributed by atoms with Crippen molar-refractivity contribution in [2.45, 2.75) is 19.4 Å². The summed E-state index contributed by atoms with van der Waals surface area (Å²) in [5.41, 5.74) is 0.463. The molecule has 8 heteroatoms. The fourth-order valence-electron chi connectivity index (χ4n) is 1.96. The Labute approximate surface area is 121 Å². The fourth-order valence-corrected chi connectivity index (χ4v) is 1.96. The number of nitro groups is 1. The topological polar surface area (TPSA) is 103 Å². The van der Waals surface area contributed by atoms with Crippen molar-refractivity contribution in [3.05, 3.63) is 34.2 Å². The van der Waals surface area contributed by atoms with Gasteiger partial charge in [0.25, 0.3) is 11.6 Å². The number of ether oxygens (including phenoxy) is 1. The highest BCUT2D eigenvalue weighted by Crippen LogP contribution is 2.33. The van der Waals surface area contributed by atoms with Gasteiger partial charge in [-0.25, -0.2) is 0 Å². The summed E-state index contributed by atoms with van der Waals surface area (Å²) in [6.07, 6.45) is 0.801. The third kappa shape index (κ3) is 3.00. The SMILES string of the molecule is CCC(NC)c1nnc(-c2ccc([N+](=O)[O-])cc2OC)o1. The van der Waals surface area contributed by atoms with Gasteiger partial charge in [-0.3, -0.25) is 10.1 Å². The molecule has 112 valence electrons. The molecule has 0 bridgehead atoms. The van der Waals surface area contributed by atoms with E-state index in [9.17, 15) is 10.1 Å². The van der Waals surface area contributed by atoms with E-state index in [1.165, 1.54) is 25.3 Å². The average Bonchev–Trinajstić information content (AvgIpc) is 2.97. The van der Waals surface area contributed by atoms with Crippen molar-refractivity contribution in [2.75, 3.05) is 14.2 Å². The zero-order valence-corrected chi connectivity index (χ0v) is 12.0. The molecule has 8 nitrogen and oxygen atoms in total. The lowest BCUT2D eigenvalue weighted by atomic mass is 10.2. The van der Waals surface area contributed by atoms with Gasteiger partial charge in [-0.1, -0.05) is 6.92 Å². The van der Waals surface area contributed by atoms with Crippen LogP contribution in [0.1, 0.15) is 25.3 Å². The van der Waals surface area contributed by atoms with E-state index in [4.69, 9.17) is 9.15 Å². The van der Waals surface area contributed by atoms with Gasteiger partial charge in [0.15, 0.2) is 0 Å². The minimum absolute atomic E-state index is 0.0321. The van der Waals surface area contributed by atoms with Crippen LogP contribution in [0.5, 0.6) is 5.75 Å². The third-order valence-electron chi connectivity index (χ3n) is 3.12. The molecule has 0 aliphatic carbocycles. The van der Waals surface area contributed by atoms with Gasteiger partial charge in [-0.15, -0.1) is 10.2 Å². The van der Waals surface area contributed by atoms with Gasteiger partial charge in [-0.2, -0.15) is 0 Å². The quantitative estimate of drug-likeness (QED) is 0.643. The molecule has 0 radical (unpaired) electrons. The lowest BCUT2D eigenvalue weighted by Gasteiger charge is -2.07. The number of nitrogens with zero attached hydrogens (tertiary/aromatic N) is 3. The largest absolute Gasteiger partial charge is 0.496 e. The summed E-state index contributed by atoms with van der Waals surface area (Å²) < 4.78 is 10.8. The van der Waals surface area contributed by atoms with Gasteiger partial charge in [0.05, 0.1) is 29.7 Å². The number of aromatic nitrogens is 2. The maximum Gasteiger partial charge on any atom is 0.273 e. The van der Waals surface area contributed by atoms with Gasteiger partial charge in [-0.05, 0) is 19.5 Å². The van der Waals surface area contributed by atoms with E-state index in [-0.39, 0.29) is 17.6 Å². The Morgan fingerprint density at radius 1 is 1.48 bits per heavy atom. The van der Waals surface area contributed by atoms with Crippen LogP contribution in [-0.4, -0.2) is 29.3 Å². The molecule has 1 heterocycles. The number of methoxy groups -OCH3 is 1. The molecular formula is C13H16N4O4. The van der Waals surface area contributed by atoms with Crippen LogP contribution < -0.4 is 10.1 Å². The van der Waals surface area contributed by atoms with E-state index in [1.54, 1.807) is 0 Å². The Morgan fingerprint density at radius 3 is 2.81 bits per heavy atom. The van der Waals surface area contributed by atoms with Crippen molar-refractivity contribution in [3.8, 4) is 17.2 Å². The first-order valence-corrected chi connectivity index (χ1v) is 6.44. The summed E-state index contributed by atoms with van der Waals surface area (Å²) in [6, 6.07) is 4.20. The molecule has 1 unspecified atom stereocenters. The van der Waals surface area contributed by atoms with E-state index in [0.29, 0.717) is 17.2 Å². The van der Waals surface area contributed by atoms with E-state index in [1.807, 2.05) is 14.0 Å². The number of non-ortho nitro benzene ring substituents is 1. The van der Waals surface area contributed by atoms with Crippen molar-refractivity contribution in [1.82, 2.24) is 15.5 Å². The smallest absolute Gasteiger partial charge is 0.273 e. The highest BCUT2D eigenvalue weighted by atomic mass is 16.6. The first-order valence-electron chi connectivity index (χ1n) is 6.44. The zero-order chi connectivity index (χ0) is 15.4. The zero-order valence-electron chi connectivity index (χ0n) is 12.0. The lowest BCUT2D eigenvalue weighted by Crippen LogP contribution is -2.15. The molecule has 0 spiro atoms. The van der Waals surface area contributed by atoms with Crippen molar-refractivity contribution in [2.24, 2.45) is 0 Å². The van der Waals surface area contributed by atoms with Crippen molar-refractivity contribution in [3.63, 3.8) is 0 Å². The minimum Gasteiger partial charge on any atom is -0.496 e. The van der Waals surface area contributed by atoms with Gasteiger partial charge in [0, 0.05) is 6.07 Å². The number of rotatable bonds is 6. The lowest BCUT2D eigenvalue weighted by molar-refractivity contribution is -0.384. The first kappa shape index (κ1) is 14.9. The van der Waals surface area contributed by atoms with E-state index in [0.717, 1.165) is 6.42 Å². The first-order chi connectivity index (χ1) is 10.1. The van der Waals surface area contributed by atoms with E-state index in [2.05, 4.69) is 15.5 Å². The molecule has 1 N–H and O–H groups in total. The van der Waals surface area contributed by atoms with Crippen LogP contribution in [0.15, 0.2) is 22.6 Å². The average molecular weight is 292 g/mol. The number of nitrogens with one attached hydrogen (secondary N) is 1. The van der Waals surface area contributed by atoms with Crippen LogP contribution >= 0.6 is 0 Å². The maximum atomic E-state index is 10.8. The molecule has 0 aliphatic heterocycles. The number of benzene rings is 1. The van der Waals surface area contributed by atoms with Crippen molar-refractivity contribution < 1.29 is 14.1 Å². The standard InChI is InChI=1S/C13H16N4O4/c1-4-10(14-2)13-16-15-12(21-13)9-6-5-8(17(18)19)7-11(9)20-3/h5-7,10,14H,4H2,1-3H3. The maximum absolute atomic E-state index is 10.8. The molecule has 21 heavy (non-hydrogen) atoms. The third-order valence-corrected chi connectivity index (χ3v) is 3.12. The number of hydrogen-bond acceptors (Lipinski definition) is 7. The van der Waals surface area contributed by atoms with Crippen LogP contribution in [0.3, 0.4) is 0 Å². The van der Waals surface area contributed by atoms with Gasteiger partial charge in [0.2, 0.25) is 5.89 Å². The Balaban J connectivity index is 2.40. The monoisotopic (exact) mass is 292 g/mol. The molecule has 0 saturated carbocycles. The number of hydrogen-bond donors (Lipinski definition) is 1. The van der Waals surface area contributed by atoms with Crippen molar-refractivity contribution >= 4 is 5.69 Å². The molecule has 2 rings (SSSR count). The second-order valence-corrected chi connectivity index (χ2v) is 4.34. The highest BCUT2D eigenvalue weighted by molar-refractivity contribution is 5.65. The Kier molecular flexibility index (Phi) is 4.49. The fraction of sp³-hybridized carbons (Fsp3) is 0.385. The summed E-state index contributed by atoms with van der Waals surface area (Å²) in [5, 5.41) is 21.8. The molecular weight excluding hydrogens is 276 g/mol.